The first-order valence-electron chi connectivity index (χ1n) is 2.96. The van der Waals surface area contributed by atoms with E-state index < -0.39 is 19.1 Å². The van der Waals surface area contributed by atoms with Crippen LogP contribution in [0.3, 0.4) is 0 Å². The van der Waals surface area contributed by atoms with Gasteiger partial charge in [0.2, 0.25) is 5.91 Å². The first-order chi connectivity index (χ1) is 4.65. The van der Waals surface area contributed by atoms with Crippen LogP contribution in [0.15, 0.2) is 0 Å². The van der Waals surface area contributed by atoms with Gasteiger partial charge in [-0.1, -0.05) is 0 Å². The lowest BCUT2D eigenvalue weighted by Gasteiger charge is -2.22. The maximum absolute atomic E-state index is 10.7. The monoisotopic (exact) mass is 181 g/mol. The molecule has 1 unspecified atom stereocenters. The predicted molar refractivity (Wildman–Crippen MR) is 40.1 cm³/mol. The Hall–Kier alpha value is -0.380. The molecule has 6 heteroatoms. The fourth-order valence-electron chi connectivity index (χ4n) is 0.468. The van der Waals surface area contributed by atoms with Crippen molar-refractivity contribution in [1.82, 2.24) is 0 Å². The lowest BCUT2D eigenvalue weighted by atomic mass is 10.1. The Bertz CT molecular complexity index is 207. The molecule has 0 heterocycles. The van der Waals surface area contributed by atoms with Crippen LogP contribution in [0.2, 0.25) is 0 Å². The van der Waals surface area contributed by atoms with Crippen LogP contribution in [-0.2, 0) is 13.9 Å². The highest BCUT2D eigenvalue weighted by Gasteiger charge is 2.32. The minimum absolute atomic E-state index is 0.770. The molecule has 0 spiro atoms. The second-order valence-corrected chi connectivity index (χ2v) is 4.56. The molecule has 0 fully saturated rings. The molecule has 1 amide bonds. The molecule has 11 heavy (non-hydrogen) atoms. The smallest absolute Gasteiger partial charge is 0.326 e. The number of amides is 1. The standard InChI is InChI=1S/C5H12NO4P/c1-5(2,4(6)7)10-11(3,8)9/h1-3H3,(H2,6,7)(H,8,9). The van der Waals surface area contributed by atoms with E-state index in [1.54, 1.807) is 0 Å². The van der Waals surface area contributed by atoms with Crippen LogP contribution in [0, 0.1) is 0 Å². The molecule has 0 aliphatic rings. The van der Waals surface area contributed by atoms with E-state index in [9.17, 15) is 9.36 Å². The number of nitrogens with two attached hydrogens (primary N) is 1. The van der Waals surface area contributed by atoms with Gasteiger partial charge in [0.15, 0.2) is 0 Å². The third-order valence-electron chi connectivity index (χ3n) is 0.991. The van der Waals surface area contributed by atoms with Crippen LogP contribution in [0.25, 0.3) is 0 Å². The molecule has 0 bridgehead atoms. The lowest BCUT2D eigenvalue weighted by Crippen LogP contribution is -2.39. The number of carbonyl (C=O) groups excluding carboxylic acids is 1. The van der Waals surface area contributed by atoms with E-state index in [-0.39, 0.29) is 0 Å². The Morgan fingerprint density at radius 1 is 1.64 bits per heavy atom. The van der Waals surface area contributed by atoms with Crippen molar-refractivity contribution < 1.29 is 18.8 Å². The Kier molecular flexibility index (Phi) is 2.83. The Morgan fingerprint density at radius 3 is 2.09 bits per heavy atom. The molecule has 0 aromatic carbocycles. The summed E-state index contributed by atoms with van der Waals surface area (Å²) in [6.07, 6.45) is 0. The molecule has 1 atom stereocenters. The van der Waals surface area contributed by atoms with E-state index in [0.29, 0.717) is 0 Å². The van der Waals surface area contributed by atoms with Crippen molar-refractivity contribution in [1.29, 1.82) is 0 Å². The van der Waals surface area contributed by atoms with Crippen molar-refractivity contribution in [3.05, 3.63) is 0 Å². The van der Waals surface area contributed by atoms with Gasteiger partial charge in [-0.15, -0.1) is 0 Å². The molecular weight excluding hydrogens is 169 g/mol. The summed E-state index contributed by atoms with van der Waals surface area (Å²) in [6, 6.07) is 0. The van der Waals surface area contributed by atoms with Crippen molar-refractivity contribution in [3.8, 4) is 0 Å². The minimum Gasteiger partial charge on any atom is -0.367 e. The van der Waals surface area contributed by atoms with Crippen LogP contribution < -0.4 is 5.73 Å². The molecule has 0 saturated carbocycles. The van der Waals surface area contributed by atoms with Gasteiger partial charge in [-0.3, -0.25) is 13.9 Å². The maximum atomic E-state index is 10.7. The highest BCUT2D eigenvalue weighted by molar-refractivity contribution is 7.52. The average molecular weight is 181 g/mol. The van der Waals surface area contributed by atoms with Crippen LogP contribution in [0.1, 0.15) is 13.8 Å². The van der Waals surface area contributed by atoms with E-state index in [2.05, 4.69) is 4.52 Å². The summed E-state index contributed by atoms with van der Waals surface area (Å²) in [5.74, 6) is -0.770. The number of carbonyl (C=O) groups is 1. The highest BCUT2D eigenvalue weighted by Crippen LogP contribution is 2.41. The maximum Gasteiger partial charge on any atom is 0.326 e. The summed E-state index contributed by atoms with van der Waals surface area (Å²) in [5.41, 5.74) is 3.49. The first kappa shape index (κ1) is 10.6. The summed E-state index contributed by atoms with van der Waals surface area (Å²) < 4.78 is 15.2. The molecule has 0 aromatic rings. The van der Waals surface area contributed by atoms with Crippen molar-refractivity contribution in [2.45, 2.75) is 19.4 Å². The molecule has 0 aliphatic carbocycles. The van der Waals surface area contributed by atoms with Gasteiger partial charge < -0.3 is 10.6 Å². The zero-order valence-electron chi connectivity index (χ0n) is 6.70. The molecule has 0 saturated heterocycles. The third kappa shape index (κ3) is 4.14. The third-order valence-corrected chi connectivity index (χ3v) is 1.79. The van der Waals surface area contributed by atoms with Gasteiger partial charge in [0.05, 0.1) is 0 Å². The molecule has 66 valence electrons. The van der Waals surface area contributed by atoms with Crippen molar-refractivity contribution >= 4 is 13.5 Å². The van der Waals surface area contributed by atoms with Gasteiger partial charge in [0, 0.05) is 6.66 Å². The van der Waals surface area contributed by atoms with Crippen molar-refractivity contribution in [2.75, 3.05) is 6.66 Å². The number of hydrogen-bond acceptors (Lipinski definition) is 3. The molecule has 5 nitrogen and oxygen atoms in total. The van der Waals surface area contributed by atoms with Crippen molar-refractivity contribution in [3.63, 3.8) is 0 Å². The van der Waals surface area contributed by atoms with Crippen LogP contribution in [0.5, 0.6) is 0 Å². The largest absolute Gasteiger partial charge is 0.367 e. The summed E-state index contributed by atoms with van der Waals surface area (Å²) in [4.78, 5) is 19.3. The molecule has 3 N–H and O–H groups in total. The molecule has 0 rings (SSSR count). The Balaban J connectivity index is 4.37. The molecular formula is C5H12NO4P. The Labute approximate surface area is 65.1 Å². The second kappa shape index (κ2) is 2.93. The lowest BCUT2D eigenvalue weighted by molar-refractivity contribution is -0.131. The van der Waals surface area contributed by atoms with Gasteiger partial charge in [-0.25, -0.2) is 0 Å². The Morgan fingerprint density at radius 2 is 2.00 bits per heavy atom. The van der Waals surface area contributed by atoms with E-state index >= 15 is 0 Å². The van der Waals surface area contributed by atoms with E-state index in [0.717, 1.165) is 6.66 Å². The summed E-state index contributed by atoms with van der Waals surface area (Å²) in [5, 5.41) is 0. The number of hydrogen-bond donors (Lipinski definition) is 2. The minimum atomic E-state index is -3.64. The summed E-state index contributed by atoms with van der Waals surface area (Å²) >= 11 is 0. The van der Waals surface area contributed by atoms with E-state index in [1.165, 1.54) is 13.8 Å². The zero-order valence-corrected chi connectivity index (χ0v) is 7.59. The second-order valence-electron chi connectivity index (χ2n) is 2.77. The van der Waals surface area contributed by atoms with Gasteiger partial charge >= 0.3 is 7.60 Å². The van der Waals surface area contributed by atoms with Gasteiger partial charge in [-0.05, 0) is 13.8 Å². The molecule has 0 radical (unpaired) electrons. The quantitative estimate of drug-likeness (QED) is 0.603. The SMILES string of the molecule is CC(C)(OP(C)(=O)O)C(N)=O. The molecule has 0 aliphatic heterocycles. The zero-order chi connectivity index (χ0) is 9.28. The average Bonchev–Trinajstić information content (AvgIpc) is 1.56. The van der Waals surface area contributed by atoms with Gasteiger partial charge in [-0.2, -0.15) is 0 Å². The van der Waals surface area contributed by atoms with Gasteiger partial charge in [0.1, 0.15) is 5.60 Å². The van der Waals surface area contributed by atoms with E-state index in [1.807, 2.05) is 0 Å². The first-order valence-corrected chi connectivity index (χ1v) is 4.98. The normalized spacial score (nSPS) is 17.5. The molecule has 0 aromatic heterocycles. The van der Waals surface area contributed by atoms with Crippen molar-refractivity contribution in [2.24, 2.45) is 5.73 Å². The van der Waals surface area contributed by atoms with Crippen LogP contribution >= 0.6 is 7.60 Å². The summed E-state index contributed by atoms with van der Waals surface area (Å²) in [7, 11) is -3.64. The van der Waals surface area contributed by atoms with Gasteiger partial charge in [0.25, 0.3) is 0 Å². The number of rotatable bonds is 3. The fourth-order valence-corrected chi connectivity index (χ4v) is 1.41. The van der Waals surface area contributed by atoms with Crippen LogP contribution in [-0.4, -0.2) is 23.1 Å². The fraction of sp³-hybridized carbons (Fsp3) is 0.800. The van der Waals surface area contributed by atoms with E-state index in [4.69, 9.17) is 10.6 Å². The summed E-state index contributed by atoms with van der Waals surface area (Å²) in [6.45, 7) is 3.67. The predicted octanol–water partition coefficient (Wildman–Crippen LogP) is 0.0821. The number of primary amides is 1. The topological polar surface area (TPSA) is 89.6 Å². The highest BCUT2D eigenvalue weighted by atomic mass is 31.2. The van der Waals surface area contributed by atoms with Crippen LogP contribution in [0.4, 0.5) is 0 Å².